The van der Waals surface area contributed by atoms with Gasteiger partial charge in [-0.05, 0) is 13.0 Å². The van der Waals surface area contributed by atoms with E-state index in [2.05, 4.69) is 10.1 Å². The van der Waals surface area contributed by atoms with Crippen molar-refractivity contribution in [2.24, 2.45) is 0 Å². The summed E-state index contributed by atoms with van der Waals surface area (Å²) in [7, 11) is 0. The molecular formula is C6H7N3O. The molecule has 1 aromatic heterocycles. The summed E-state index contributed by atoms with van der Waals surface area (Å²) in [5, 5.41) is 3.75. The molecule has 4 heteroatoms. The van der Waals surface area contributed by atoms with Crippen molar-refractivity contribution < 1.29 is 4.79 Å². The van der Waals surface area contributed by atoms with Crippen LogP contribution < -0.4 is 0 Å². The molecule has 0 N–H and O–H groups in total. The summed E-state index contributed by atoms with van der Waals surface area (Å²) in [4.78, 5) is 14.1. The molecule has 1 heterocycles. The first kappa shape index (κ1) is 6.67. The molecule has 1 rings (SSSR count). The predicted octanol–water partition coefficient (Wildman–Crippen LogP) is 0.338. The Morgan fingerprint density at radius 3 is 3.00 bits per heavy atom. The van der Waals surface area contributed by atoms with Crippen LogP contribution in [0.3, 0.4) is 0 Å². The van der Waals surface area contributed by atoms with Crippen molar-refractivity contribution in [1.82, 2.24) is 14.8 Å². The Kier molecular flexibility index (Phi) is 1.94. The Bertz CT molecular complexity index is 238. The molecule has 1 aromatic rings. The molecule has 0 saturated heterocycles. The number of allylic oxidation sites excluding steroid dienone is 1. The number of hydrogen-bond donors (Lipinski definition) is 0. The Labute approximate surface area is 58.2 Å². The van der Waals surface area contributed by atoms with Gasteiger partial charge in [0.15, 0.2) is 5.78 Å². The molecule has 0 amide bonds. The van der Waals surface area contributed by atoms with E-state index in [-0.39, 0.29) is 5.78 Å². The van der Waals surface area contributed by atoms with Crippen LogP contribution in [0.5, 0.6) is 0 Å². The Morgan fingerprint density at radius 2 is 2.50 bits per heavy atom. The lowest BCUT2D eigenvalue weighted by Gasteiger charge is -1.83. The summed E-state index contributed by atoms with van der Waals surface area (Å²) in [5.41, 5.74) is 0. The molecule has 0 saturated carbocycles. The van der Waals surface area contributed by atoms with E-state index < -0.39 is 0 Å². The van der Waals surface area contributed by atoms with Crippen LogP contribution >= 0.6 is 0 Å². The number of ketones is 1. The molecule has 0 aromatic carbocycles. The van der Waals surface area contributed by atoms with Gasteiger partial charge in [0.25, 0.3) is 0 Å². The highest BCUT2D eigenvalue weighted by Gasteiger charge is 1.83. The Morgan fingerprint density at radius 1 is 1.70 bits per heavy atom. The SMILES string of the molecule is CC(=O)/C=C/n1cncn1. The summed E-state index contributed by atoms with van der Waals surface area (Å²) in [6.07, 6.45) is 5.90. The van der Waals surface area contributed by atoms with Crippen LogP contribution in [-0.4, -0.2) is 20.5 Å². The number of carbonyl (C=O) groups is 1. The van der Waals surface area contributed by atoms with Crippen LogP contribution in [0.25, 0.3) is 6.20 Å². The van der Waals surface area contributed by atoms with Crippen LogP contribution in [0.1, 0.15) is 6.92 Å². The second kappa shape index (κ2) is 2.91. The molecule has 0 atom stereocenters. The van der Waals surface area contributed by atoms with Gasteiger partial charge in [-0.15, -0.1) is 0 Å². The van der Waals surface area contributed by atoms with Gasteiger partial charge in [-0.3, -0.25) is 4.79 Å². The molecular weight excluding hydrogens is 130 g/mol. The van der Waals surface area contributed by atoms with Gasteiger partial charge in [0.2, 0.25) is 0 Å². The van der Waals surface area contributed by atoms with Crippen molar-refractivity contribution in [2.75, 3.05) is 0 Å². The average molecular weight is 137 g/mol. The van der Waals surface area contributed by atoms with Crippen LogP contribution in [0.15, 0.2) is 18.7 Å². The molecule has 52 valence electrons. The van der Waals surface area contributed by atoms with Gasteiger partial charge in [0.05, 0.1) is 0 Å². The standard InChI is InChI=1S/C6H7N3O/c1-6(10)2-3-9-5-7-4-8-9/h2-5H,1H3/b3-2+. The summed E-state index contributed by atoms with van der Waals surface area (Å²) < 4.78 is 1.46. The summed E-state index contributed by atoms with van der Waals surface area (Å²) in [5.74, 6) is -0.00417. The average Bonchev–Trinajstić information content (AvgIpc) is 2.34. The first-order valence-corrected chi connectivity index (χ1v) is 2.82. The first-order chi connectivity index (χ1) is 4.79. The van der Waals surface area contributed by atoms with Crippen molar-refractivity contribution in [1.29, 1.82) is 0 Å². The zero-order chi connectivity index (χ0) is 7.40. The molecule has 0 spiro atoms. The summed E-state index contributed by atoms with van der Waals surface area (Å²) in [6.45, 7) is 1.48. The molecule has 0 aliphatic carbocycles. The second-order valence-electron chi connectivity index (χ2n) is 1.80. The molecule has 0 radical (unpaired) electrons. The van der Waals surface area contributed by atoms with Crippen LogP contribution in [0, 0.1) is 0 Å². The molecule has 10 heavy (non-hydrogen) atoms. The summed E-state index contributed by atoms with van der Waals surface area (Å²) in [6, 6.07) is 0. The Balaban J connectivity index is 2.64. The maximum absolute atomic E-state index is 10.4. The molecule has 0 bridgehead atoms. The van der Waals surface area contributed by atoms with Gasteiger partial charge in [-0.1, -0.05) is 0 Å². The van der Waals surface area contributed by atoms with Crippen LogP contribution in [0.2, 0.25) is 0 Å². The number of nitrogens with zero attached hydrogens (tertiary/aromatic N) is 3. The largest absolute Gasteiger partial charge is 0.295 e. The van der Waals surface area contributed by atoms with Gasteiger partial charge in [0, 0.05) is 6.20 Å². The van der Waals surface area contributed by atoms with Gasteiger partial charge >= 0.3 is 0 Å². The van der Waals surface area contributed by atoms with E-state index >= 15 is 0 Å². The van der Waals surface area contributed by atoms with Crippen LogP contribution in [-0.2, 0) is 4.79 Å². The smallest absolute Gasteiger partial charge is 0.154 e. The predicted molar refractivity (Wildman–Crippen MR) is 36.0 cm³/mol. The highest BCUT2D eigenvalue weighted by molar-refractivity contribution is 5.89. The fraction of sp³-hybridized carbons (Fsp3) is 0.167. The Hall–Kier alpha value is -1.45. The molecule has 0 aliphatic heterocycles. The van der Waals surface area contributed by atoms with E-state index in [1.54, 1.807) is 6.20 Å². The van der Waals surface area contributed by atoms with Crippen molar-refractivity contribution in [3.63, 3.8) is 0 Å². The highest BCUT2D eigenvalue weighted by atomic mass is 16.1. The van der Waals surface area contributed by atoms with Crippen molar-refractivity contribution in [2.45, 2.75) is 6.92 Å². The molecule has 0 unspecified atom stereocenters. The van der Waals surface area contributed by atoms with E-state index in [4.69, 9.17) is 0 Å². The maximum Gasteiger partial charge on any atom is 0.154 e. The van der Waals surface area contributed by atoms with Gasteiger partial charge < -0.3 is 0 Å². The van der Waals surface area contributed by atoms with Crippen molar-refractivity contribution in [3.8, 4) is 0 Å². The molecule has 0 aliphatic rings. The zero-order valence-corrected chi connectivity index (χ0v) is 5.56. The van der Waals surface area contributed by atoms with Crippen molar-refractivity contribution >= 4 is 12.0 Å². The van der Waals surface area contributed by atoms with Gasteiger partial charge in [-0.25, -0.2) is 9.67 Å². The lowest BCUT2D eigenvalue weighted by atomic mass is 10.4. The fourth-order valence-electron chi connectivity index (χ4n) is 0.476. The number of rotatable bonds is 2. The minimum absolute atomic E-state index is 0.00417. The van der Waals surface area contributed by atoms with Crippen LogP contribution in [0.4, 0.5) is 0 Å². The number of aromatic nitrogens is 3. The first-order valence-electron chi connectivity index (χ1n) is 2.82. The number of hydrogen-bond acceptors (Lipinski definition) is 3. The third kappa shape index (κ3) is 1.81. The van der Waals surface area contributed by atoms with E-state index in [0.717, 1.165) is 0 Å². The third-order valence-electron chi connectivity index (χ3n) is 0.899. The minimum Gasteiger partial charge on any atom is -0.295 e. The topological polar surface area (TPSA) is 47.8 Å². The van der Waals surface area contributed by atoms with E-state index in [1.165, 1.54) is 30.3 Å². The maximum atomic E-state index is 10.4. The van der Waals surface area contributed by atoms with Gasteiger partial charge in [-0.2, -0.15) is 5.10 Å². The lowest BCUT2D eigenvalue weighted by Crippen LogP contribution is -1.87. The quantitative estimate of drug-likeness (QED) is 0.552. The minimum atomic E-state index is -0.00417. The molecule has 0 fully saturated rings. The van der Waals surface area contributed by atoms with E-state index in [0.29, 0.717) is 0 Å². The second-order valence-corrected chi connectivity index (χ2v) is 1.80. The number of carbonyl (C=O) groups excluding carboxylic acids is 1. The normalized spacial score (nSPS) is 10.5. The highest BCUT2D eigenvalue weighted by Crippen LogP contribution is 1.81. The van der Waals surface area contributed by atoms with Gasteiger partial charge in [0.1, 0.15) is 12.7 Å². The van der Waals surface area contributed by atoms with E-state index in [9.17, 15) is 4.79 Å². The monoisotopic (exact) mass is 137 g/mol. The lowest BCUT2D eigenvalue weighted by molar-refractivity contribution is -0.112. The van der Waals surface area contributed by atoms with E-state index in [1.807, 2.05) is 0 Å². The van der Waals surface area contributed by atoms with Crippen molar-refractivity contribution in [3.05, 3.63) is 18.7 Å². The molecule has 4 nitrogen and oxygen atoms in total. The zero-order valence-electron chi connectivity index (χ0n) is 5.56. The summed E-state index contributed by atoms with van der Waals surface area (Å²) >= 11 is 0. The third-order valence-corrected chi connectivity index (χ3v) is 0.899. The fourth-order valence-corrected chi connectivity index (χ4v) is 0.476.